The first kappa shape index (κ1) is 13.4. The smallest absolute Gasteiger partial charge is 0.131 e. The molecule has 2 aromatic heterocycles. The van der Waals surface area contributed by atoms with Crippen molar-refractivity contribution in [3.8, 4) is 22.5 Å². The highest BCUT2D eigenvalue weighted by Gasteiger charge is 2.18. The third-order valence-electron chi connectivity index (χ3n) is 3.79. The molecule has 106 valence electrons. The van der Waals surface area contributed by atoms with Gasteiger partial charge in [-0.15, -0.1) is 0 Å². The monoisotopic (exact) mass is 278 g/mol. The molecular formula is C17H18N4. The number of nitrogen functional groups attached to an aromatic ring is 1. The largest absolute Gasteiger partial charge is 0.383 e. The molecule has 21 heavy (non-hydrogen) atoms. The number of hydrogen-bond acceptors (Lipinski definition) is 3. The van der Waals surface area contributed by atoms with E-state index < -0.39 is 0 Å². The van der Waals surface area contributed by atoms with Crippen molar-refractivity contribution in [3.63, 3.8) is 0 Å². The average molecular weight is 278 g/mol. The molecule has 0 aliphatic carbocycles. The van der Waals surface area contributed by atoms with E-state index in [9.17, 15) is 0 Å². The van der Waals surface area contributed by atoms with E-state index in [0.29, 0.717) is 5.82 Å². The molecule has 2 heterocycles. The van der Waals surface area contributed by atoms with Gasteiger partial charge in [-0.1, -0.05) is 18.2 Å². The Morgan fingerprint density at radius 1 is 1.05 bits per heavy atom. The van der Waals surface area contributed by atoms with E-state index in [1.807, 2.05) is 25.2 Å². The molecule has 0 unspecified atom stereocenters. The maximum Gasteiger partial charge on any atom is 0.131 e. The van der Waals surface area contributed by atoms with Crippen molar-refractivity contribution in [2.75, 3.05) is 5.73 Å². The van der Waals surface area contributed by atoms with Gasteiger partial charge in [-0.25, -0.2) is 0 Å². The van der Waals surface area contributed by atoms with Crippen LogP contribution in [-0.2, 0) is 7.05 Å². The van der Waals surface area contributed by atoms with E-state index in [-0.39, 0.29) is 0 Å². The summed E-state index contributed by atoms with van der Waals surface area (Å²) in [4.78, 5) is 4.42. The molecule has 4 nitrogen and oxygen atoms in total. The zero-order valence-corrected chi connectivity index (χ0v) is 12.5. The normalized spacial score (nSPS) is 10.8. The van der Waals surface area contributed by atoms with Crippen LogP contribution in [0.15, 0.2) is 42.6 Å². The van der Waals surface area contributed by atoms with Gasteiger partial charge in [-0.05, 0) is 43.2 Å². The number of anilines is 1. The number of nitrogens with zero attached hydrogens (tertiary/aromatic N) is 3. The molecule has 3 rings (SSSR count). The molecule has 4 heteroatoms. The Morgan fingerprint density at radius 3 is 2.52 bits per heavy atom. The lowest BCUT2D eigenvalue weighted by Gasteiger charge is -2.06. The van der Waals surface area contributed by atoms with Crippen molar-refractivity contribution in [1.82, 2.24) is 14.8 Å². The third-order valence-corrected chi connectivity index (χ3v) is 3.79. The van der Waals surface area contributed by atoms with Crippen LogP contribution >= 0.6 is 0 Å². The Morgan fingerprint density at radius 2 is 1.86 bits per heavy atom. The predicted molar refractivity (Wildman–Crippen MR) is 85.8 cm³/mol. The van der Waals surface area contributed by atoms with Crippen molar-refractivity contribution in [3.05, 3.63) is 53.7 Å². The fraction of sp³-hybridized carbons (Fsp3) is 0.176. The number of rotatable bonds is 2. The van der Waals surface area contributed by atoms with Crippen molar-refractivity contribution in [2.45, 2.75) is 13.8 Å². The number of hydrogen-bond donors (Lipinski definition) is 1. The molecule has 0 saturated heterocycles. The number of nitrogens with two attached hydrogens (primary N) is 1. The summed E-state index contributed by atoms with van der Waals surface area (Å²) < 4.78 is 1.70. The minimum atomic E-state index is 0.627. The Bertz CT molecular complexity index is 788. The summed E-state index contributed by atoms with van der Waals surface area (Å²) in [5.74, 6) is 0.627. The molecule has 0 saturated carbocycles. The zero-order chi connectivity index (χ0) is 15.0. The Kier molecular flexibility index (Phi) is 3.22. The first-order valence-electron chi connectivity index (χ1n) is 6.89. The molecule has 2 N–H and O–H groups in total. The maximum atomic E-state index is 6.20. The van der Waals surface area contributed by atoms with Gasteiger partial charge in [-0.2, -0.15) is 5.10 Å². The van der Waals surface area contributed by atoms with Crippen molar-refractivity contribution < 1.29 is 0 Å². The van der Waals surface area contributed by atoms with Gasteiger partial charge < -0.3 is 5.73 Å². The number of benzene rings is 1. The summed E-state index contributed by atoms with van der Waals surface area (Å²) in [7, 11) is 1.85. The summed E-state index contributed by atoms with van der Waals surface area (Å²) >= 11 is 0. The molecule has 3 aromatic rings. The minimum absolute atomic E-state index is 0.627. The van der Waals surface area contributed by atoms with Crippen molar-refractivity contribution >= 4 is 5.82 Å². The lowest BCUT2D eigenvalue weighted by atomic mass is 10.0. The van der Waals surface area contributed by atoms with Gasteiger partial charge in [0.2, 0.25) is 0 Å². The second-order valence-corrected chi connectivity index (χ2v) is 5.25. The van der Waals surface area contributed by atoms with Gasteiger partial charge in [-0.3, -0.25) is 9.67 Å². The van der Waals surface area contributed by atoms with E-state index >= 15 is 0 Å². The second kappa shape index (κ2) is 5.05. The second-order valence-electron chi connectivity index (χ2n) is 5.25. The molecule has 0 amide bonds. The van der Waals surface area contributed by atoms with Crippen LogP contribution in [0.3, 0.4) is 0 Å². The standard InChI is InChI=1S/C17H18N4/c1-11-7-8-13(10-12(11)2)16-15(17(18)21(3)20-16)14-6-4-5-9-19-14/h4-10H,18H2,1-3H3. The number of pyridine rings is 1. The van der Waals surface area contributed by atoms with Crippen LogP contribution in [0.1, 0.15) is 11.1 Å². The van der Waals surface area contributed by atoms with Crippen LogP contribution in [0.4, 0.5) is 5.82 Å². The highest BCUT2D eigenvalue weighted by Crippen LogP contribution is 2.35. The SMILES string of the molecule is Cc1ccc(-c2nn(C)c(N)c2-c2ccccn2)cc1C. The summed E-state index contributed by atoms with van der Waals surface area (Å²) in [6.07, 6.45) is 1.77. The summed E-state index contributed by atoms with van der Waals surface area (Å²) in [6.45, 7) is 4.21. The van der Waals surface area contributed by atoms with Crippen LogP contribution in [0.2, 0.25) is 0 Å². The highest BCUT2D eigenvalue weighted by atomic mass is 15.3. The van der Waals surface area contributed by atoms with Crippen LogP contribution in [0, 0.1) is 13.8 Å². The first-order chi connectivity index (χ1) is 10.1. The Balaban J connectivity index is 2.24. The Hall–Kier alpha value is -2.62. The van der Waals surface area contributed by atoms with Crippen LogP contribution < -0.4 is 5.73 Å². The predicted octanol–water partition coefficient (Wildman–Crippen LogP) is 3.35. The third kappa shape index (κ3) is 2.29. The zero-order valence-electron chi connectivity index (χ0n) is 12.5. The average Bonchev–Trinajstić information content (AvgIpc) is 2.79. The summed E-state index contributed by atoms with van der Waals surface area (Å²) in [5, 5.41) is 4.58. The summed E-state index contributed by atoms with van der Waals surface area (Å²) in [5.41, 5.74) is 12.4. The lowest BCUT2D eigenvalue weighted by molar-refractivity contribution is 0.782. The quantitative estimate of drug-likeness (QED) is 0.782. The van der Waals surface area contributed by atoms with E-state index in [2.05, 4.69) is 42.1 Å². The Labute approximate surface area is 124 Å². The fourth-order valence-electron chi connectivity index (χ4n) is 2.39. The molecule has 0 atom stereocenters. The van der Waals surface area contributed by atoms with E-state index in [0.717, 1.165) is 22.5 Å². The van der Waals surface area contributed by atoms with Crippen molar-refractivity contribution in [1.29, 1.82) is 0 Å². The molecule has 0 bridgehead atoms. The maximum absolute atomic E-state index is 6.20. The van der Waals surface area contributed by atoms with Crippen molar-refractivity contribution in [2.24, 2.45) is 7.05 Å². The van der Waals surface area contributed by atoms with Gasteiger partial charge >= 0.3 is 0 Å². The molecule has 0 radical (unpaired) electrons. The van der Waals surface area contributed by atoms with Gasteiger partial charge in [0.15, 0.2) is 0 Å². The van der Waals surface area contributed by atoms with Crippen LogP contribution in [-0.4, -0.2) is 14.8 Å². The first-order valence-corrected chi connectivity index (χ1v) is 6.89. The van der Waals surface area contributed by atoms with Gasteiger partial charge in [0.1, 0.15) is 11.5 Å². The minimum Gasteiger partial charge on any atom is -0.383 e. The molecule has 0 aliphatic heterocycles. The van der Waals surface area contributed by atoms with Gasteiger partial charge in [0, 0.05) is 18.8 Å². The van der Waals surface area contributed by atoms with E-state index in [1.54, 1.807) is 10.9 Å². The molecular weight excluding hydrogens is 260 g/mol. The van der Waals surface area contributed by atoms with E-state index in [4.69, 9.17) is 5.73 Å². The lowest BCUT2D eigenvalue weighted by Crippen LogP contribution is -1.98. The molecule has 1 aromatic carbocycles. The fourth-order valence-corrected chi connectivity index (χ4v) is 2.39. The van der Waals surface area contributed by atoms with Gasteiger partial charge in [0.05, 0.1) is 11.3 Å². The van der Waals surface area contributed by atoms with Crippen LogP contribution in [0.5, 0.6) is 0 Å². The number of aryl methyl sites for hydroxylation is 3. The molecule has 0 spiro atoms. The van der Waals surface area contributed by atoms with E-state index in [1.165, 1.54) is 11.1 Å². The summed E-state index contributed by atoms with van der Waals surface area (Å²) in [6, 6.07) is 12.1. The topological polar surface area (TPSA) is 56.7 Å². The molecule has 0 aliphatic rings. The van der Waals surface area contributed by atoms with Gasteiger partial charge in [0.25, 0.3) is 0 Å². The number of aromatic nitrogens is 3. The molecule has 0 fully saturated rings. The highest BCUT2D eigenvalue weighted by molar-refractivity contribution is 5.86. The van der Waals surface area contributed by atoms with Crippen LogP contribution in [0.25, 0.3) is 22.5 Å².